The first kappa shape index (κ1) is 10.2. The molecular formula is C10H17N4O+. The Balaban J connectivity index is 2.15. The molecule has 15 heavy (non-hydrogen) atoms. The fourth-order valence-electron chi connectivity index (χ4n) is 1.72. The summed E-state index contributed by atoms with van der Waals surface area (Å²) in [4.78, 5) is 14.1. The maximum absolute atomic E-state index is 5.22. The molecule has 2 heterocycles. The zero-order chi connectivity index (χ0) is 10.7. The summed E-state index contributed by atoms with van der Waals surface area (Å²) in [6, 6.07) is 1.86. The number of piperazine rings is 1. The predicted molar refractivity (Wildman–Crippen MR) is 56.6 cm³/mol. The molecule has 1 aromatic heterocycles. The number of nitrogens with zero attached hydrogens (tertiary/aromatic N) is 4. The van der Waals surface area contributed by atoms with Crippen LogP contribution >= 0.6 is 0 Å². The van der Waals surface area contributed by atoms with Gasteiger partial charge in [-0.1, -0.05) is 9.71 Å². The van der Waals surface area contributed by atoms with Gasteiger partial charge < -0.3 is 9.74 Å². The van der Waals surface area contributed by atoms with Gasteiger partial charge in [0, 0.05) is 19.2 Å². The number of hydrogen-bond donors (Lipinski definition) is 0. The highest BCUT2D eigenvalue weighted by Crippen LogP contribution is 2.06. The lowest BCUT2D eigenvalue weighted by molar-refractivity contribution is -0.877. The van der Waals surface area contributed by atoms with Gasteiger partial charge in [0.15, 0.2) is 0 Å². The van der Waals surface area contributed by atoms with Crippen LogP contribution in [0.4, 0.5) is 5.95 Å². The van der Waals surface area contributed by atoms with Crippen molar-refractivity contribution in [3.63, 3.8) is 0 Å². The van der Waals surface area contributed by atoms with Crippen molar-refractivity contribution in [2.75, 3.05) is 45.2 Å². The van der Waals surface area contributed by atoms with Gasteiger partial charge in [-0.3, -0.25) is 4.90 Å². The normalized spacial score (nSPS) is 17.9. The summed E-state index contributed by atoms with van der Waals surface area (Å²) < 4.78 is 1.70. The van der Waals surface area contributed by atoms with E-state index in [1.54, 1.807) is 18.0 Å². The predicted octanol–water partition coefficient (Wildman–Crippen LogP) is -0.821. The van der Waals surface area contributed by atoms with Crippen LogP contribution in [0.25, 0.3) is 0 Å². The highest BCUT2D eigenvalue weighted by atomic mass is 16.6. The molecule has 1 fully saturated rings. The van der Waals surface area contributed by atoms with Gasteiger partial charge in [0.2, 0.25) is 0 Å². The zero-order valence-corrected chi connectivity index (χ0v) is 9.26. The van der Waals surface area contributed by atoms with Crippen LogP contribution in [-0.4, -0.2) is 50.2 Å². The Labute approximate surface area is 89.9 Å². The quantitative estimate of drug-likeness (QED) is 0.596. The molecule has 0 saturated carbocycles. The van der Waals surface area contributed by atoms with E-state index in [9.17, 15) is 0 Å². The molecule has 2 rings (SSSR count). The molecule has 0 amide bonds. The molecule has 0 N–H and O–H groups in total. The van der Waals surface area contributed by atoms with Crippen LogP contribution in [0.3, 0.4) is 0 Å². The molecule has 5 nitrogen and oxygen atoms in total. The Kier molecular flexibility index (Phi) is 3.01. The third-order valence-electron chi connectivity index (χ3n) is 2.68. The molecule has 1 aliphatic rings. The molecule has 0 spiro atoms. The number of anilines is 1. The van der Waals surface area contributed by atoms with Crippen LogP contribution in [0.5, 0.6) is 0 Å². The molecule has 0 atom stereocenters. The highest BCUT2D eigenvalue weighted by Gasteiger charge is 2.25. The number of likely N-dealkylation sites (N-methyl/N-ethyl adjacent to an activating group) is 1. The second-order valence-corrected chi connectivity index (χ2v) is 3.72. The lowest BCUT2D eigenvalue weighted by Gasteiger charge is -2.28. The van der Waals surface area contributed by atoms with E-state index in [-0.39, 0.29) is 0 Å². The Morgan fingerprint density at radius 2 is 2.07 bits per heavy atom. The van der Waals surface area contributed by atoms with E-state index >= 15 is 0 Å². The maximum Gasteiger partial charge on any atom is 0.430 e. The fraction of sp³-hybridized carbons (Fsp3) is 0.600. The minimum Gasteiger partial charge on any atom is -0.360 e. The van der Waals surface area contributed by atoms with E-state index in [4.69, 9.17) is 4.84 Å². The van der Waals surface area contributed by atoms with Crippen molar-refractivity contribution in [3.05, 3.63) is 18.5 Å². The summed E-state index contributed by atoms with van der Waals surface area (Å²) in [6.45, 7) is 4.13. The Morgan fingerprint density at radius 3 is 2.73 bits per heavy atom. The standard InChI is InChI=1S/C10H17N4O/c1-12-6-8-13(9-7-12)10-11-4-3-5-14(10)15-2/h3-5H,6-9H2,1-2H3/q+1. The second-order valence-electron chi connectivity index (χ2n) is 3.72. The van der Waals surface area contributed by atoms with Gasteiger partial charge in [-0.2, -0.15) is 0 Å². The summed E-state index contributed by atoms with van der Waals surface area (Å²) in [5, 5.41) is 0. The van der Waals surface area contributed by atoms with Crippen molar-refractivity contribution in [3.8, 4) is 0 Å². The van der Waals surface area contributed by atoms with Gasteiger partial charge in [0.05, 0.1) is 13.1 Å². The van der Waals surface area contributed by atoms with Crippen LogP contribution in [0.2, 0.25) is 0 Å². The topological polar surface area (TPSA) is 32.5 Å². The second kappa shape index (κ2) is 4.44. The van der Waals surface area contributed by atoms with Crippen LogP contribution < -0.4 is 14.5 Å². The van der Waals surface area contributed by atoms with Gasteiger partial charge >= 0.3 is 5.95 Å². The van der Waals surface area contributed by atoms with Crippen molar-refractivity contribution < 1.29 is 9.57 Å². The summed E-state index contributed by atoms with van der Waals surface area (Å²) in [5.41, 5.74) is 0. The lowest BCUT2D eigenvalue weighted by atomic mass is 10.3. The average molecular weight is 209 g/mol. The van der Waals surface area contributed by atoms with E-state index in [1.807, 2.05) is 12.3 Å². The number of aromatic nitrogens is 2. The molecule has 0 aromatic carbocycles. The van der Waals surface area contributed by atoms with Crippen LogP contribution in [0.15, 0.2) is 18.5 Å². The van der Waals surface area contributed by atoms with Crippen molar-refractivity contribution >= 4 is 5.95 Å². The maximum atomic E-state index is 5.22. The number of hydrogen-bond acceptors (Lipinski definition) is 4. The van der Waals surface area contributed by atoms with Gasteiger partial charge in [0.1, 0.15) is 19.5 Å². The van der Waals surface area contributed by atoms with Gasteiger partial charge in [-0.25, -0.2) is 0 Å². The fourth-order valence-corrected chi connectivity index (χ4v) is 1.72. The van der Waals surface area contributed by atoms with E-state index in [1.165, 1.54) is 0 Å². The summed E-state index contributed by atoms with van der Waals surface area (Å²) in [6.07, 6.45) is 3.67. The molecular weight excluding hydrogens is 192 g/mol. The molecule has 5 heteroatoms. The first-order valence-electron chi connectivity index (χ1n) is 5.16. The minimum atomic E-state index is 0.882. The largest absolute Gasteiger partial charge is 0.430 e. The van der Waals surface area contributed by atoms with Crippen LogP contribution in [0.1, 0.15) is 0 Å². The van der Waals surface area contributed by atoms with E-state index < -0.39 is 0 Å². The van der Waals surface area contributed by atoms with Gasteiger partial charge in [0.25, 0.3) is 0 Å². The highest BCUT2D eigenvalue weighted by molar-refractivity contribution is 5.23. The Bertz CT molecular complexity index is 323. The molecule has 0 aliphatic carbocycles. The van der Waals surface area contributed by atoms with E-state index in [0.29, 0.717) is 0 Å². The smallest absolute Gasteiger partial charge is 0.360 e. The monoisotopic (exact) mass is 209 g/mol. The molecule has 0 unspecified atom stereocenters. The summed E-state index contributed by atoms with van der Waals surface area (Å²) in [7, 11) is 3.79. The lowest BCUT2D eigenvalue weighted by Crippen LogP contribution is -2.53. The molecule has 1 aliphatic heterocycles. The van der Waals surface area contributed by atoms with Crippen molar-refractivity contribution in [2.24, 2.45) is 0 Å². The molecule has 82 valence electrons. The SMILES string of the molecule is CO[n+]1cccnc1N1CCN(C)CC1. The first-order chi connectivity index (χ1) is 7.31. The zero-order valence-electron chi connectivity index (χ0n) is 9.26. The van der Waals surface area contributed by atoms with Crippen molar-refractivity contribution in [1.29, 1.82) is 0 Å². The Morgan fingerprint density at radius 1 is 1.33 bits per heavy atom. The first-order valence-corrected chi connectivity index (χ1v) is 5.16. The summed E-state index contributed by atoms with van der Waals surface area (Å²) >= 11 is 0. The van der Waals surface area contributed by atoms with Crippen LogP contribution in [0, 0.1) is 0 Å². The molecule has 1 aromatic rings. The van der Waals surface area contributed by atoms with E-state index in [0.717, 1.165) is 32.1 Å². The molecule has 1 saturated heterocycles. The minimum absolute atomic E-state index is 0.882. The Hall–Kier alpha value is -1.36. The summed E-state index contributed by atoms with van der Waals surface area (Å²) in [5.74, 6) is 0.882. The molecule has 0 radical (unpaired) electrons. The van der Waals surface area contributed by atoms with Crippen molar-refractivity contribution in [2.45, 2.75) is 0 Å². The van der Waals surface area contributed by atoms with Gasteiger partial charge in [-0.15, -0.1) is 0 Å². The number of rotatable bonds is 2. The molecule has 0 bridgehead atoms. The van der Waals surface area contributed by atoms with Gasteiger partial charge in [-0.05, 0) is 7.05 Å². The van der Waals surface area contributed by atoms with Crippen molar-refractivity contribution in [1.82, 2.24) is 9.88 Å². The van der Waals surface area contributed by atoms with E-state index in [2.05, 4.69) is 21.8 Å². The third kappa shape index (κ3) is 2.18. The third-order valence-corrected chi connectivity index (χ3v) is 2.68. The van der Waals surface area contributed by atoms with Crippen LogP contribution in [-0.2, 0) is 0 Å². The average Bonchev–Trinajstić information content (AvgIpc) is 2.30.